The van der Waals surface area contributed by atoms with E-state index in [0.29, 0.717) is 0 Å². The molecule has 0 aliphatic rings. The highest BCUT2D eigenvalue weighted by Crippen LogP contribution is 2.28. The van der Waals surface area contributed by atoms with Crippen molar-refractivity contribution in [1.82, 2.24) is 4.90 Å². The van der Waals surface area contributed by atoms with Gasteiger partial charge in [0.15, 0.2) is 0 Å². The van der Waals surface area contributed by atoms with Crippen molar-refractivity contribution < 1.29 is 9.72 Å². The lowest BCUT2D eigenvalue weighted by Crippen LogP contribution is -2.27. The van der Waals surface area contributed by atoms with Gasteiger partial charge in [-0.3, -0.25) is 14.9 Å². The maximum Gasteiger partial charge on any atom is 0.293 e. The Morgan fingerprint density at radius 2 is 2.28 bits per heavy atom. The molecule has 0 bridgehead atoms. The maximum atomic E-state index is 12.0. The van der Waals surface area contributed by atoms with Crippen LogP contribution in [-0.4, -0.2) is 36.4 Å². The lowest BCUT2D eigenvalue weighted by Gasteiger charge is -2.15. The predicted molar refractivity (Wildman–Crippen MR) is 65.2 cm³/mol. The fraction of sp³-hybridized carbons (Fsp3) is 0.273. The first-order valence-electron chi connectivity index (χ1n) is 5.10. The Morgan fingerprint density at radius 3 is 2.78 bits per heavy atom. The summed E-state index contributed by atoms with van der Waals surface area (Å²) < 4.78 is 0. The lowest BCUT2D eigenvalue weighted by atomic mass is 10.1. The van der Waals surface area contributed by atoms with Crippen molar-refractivity contribution in [3.05, 3.63) is 33.9 Å². The van der Waals surface area contributed by atoms with E-state index in [0.717, 1.165) is 0 Å². The molecule has 7 nitrogen and oxygen atoms in total. The van der Waals surface area contributed by atoms with Gasteiger partial charge in [-0.2, -0.15) is 5.26 Å². The van der Waals surface area contributed by atoms with Crippen LogP contribution in [0.3, 0.4) is 0 Å². The van der Waals surface area contributed by atoms with Crippen molar-refractivity contribution in [2.24, 2.45) is 0 Å². The highest BCUT2D eigenvalue weighted by atomic mass is 16.6. The third-order valence-corrected chi connectivity index (χ3v) is 2.37. The van der Waals surface area contributed by atoms with Crippen LogP contribution in [0.5, 0.6) is 0 Å². The molecule has 7 heteroatoms. The van der Waals surface area contributed by atoms with Gasteiger partial charge in [0.1, 0.15) is 12.2 Å². The second kappa shape index (κ2) is 5.63. The molecule has 0 saturated carbocycles. The van der Waals surface area contributed by atoms with Gasteiger partial charge >= 0.3 is 0 Å². The van der Waals surface area contributed by atoms with E-state index in [-0.39, 0.29) is 23.5 Å². The second-order valence-corrected chi connectivity index (χ2v) is 3.53. The smallest absolute Gasteiger partial charge is 0.293 e. The Labute approximate surface area is 104 Å². The molecule has 0 unspecified atom stereocenters. The topological polar surface area (TPSA) is 99.3 Å². The maximum absolute atomic E-state index is 12.0. The molecule has 18 heavy (non-hydrogen) atoms. The Morgan fingerprint density at radius 1 is 1.61 bits per heavy atom. The van der Waals surface area contributed by atoms with Crippen LogP contribution in [0.25, 0.3) is 0 Å². The fourth-order valence-corrected chi connectivity index (χ4v) is 1.52. The lowest BCUT2D eigenvalue weighted by molar-refractivity contribution is -0.384. The van der Waals surface area contributed by atoms with Gasteiger partial charge in [-0.05, 0) is 6.07 Å². The minimum atomic E-state index is -0.563. The zero-order valence-electron chi connectivity index (χ0n) is 10.0. The first kappa shape index (κ1) is 13.4. The Bertz CT molecular complexity index is 522. The summed E-state index contributed by atoms with van der Waals surface area (Å²) in [7, 11) is 2.97. The van der Waals surface area contributed by atoms with Crippen LogP contribution in [0.4, 0.5) is 11.4 Å². The number of hydrogen-bond donors (Lipinski definition) is 1. The van der Waals surface area contributed by atoms with Gasteiger partial charge in [0.05, 0.1) is 16.6 Å². The number of carbonyl (C=O) groups is 1. The standard InChI is InChI=1S/C11H12N4O3/c1-13-10-8(11(16)14(2)7-6-12)4-3-5-9(10)15(17)18/h3-5,13H,7H2,1-2H3. The fourth-order valence-electron chi connectivity index (χ4n) is 1.52. The number of para-hydroxylation sites is 1. The van der Waals surface area contributed by atoms with E-state index in [1.54, 1.807) is 0 Å². The molecule has 0 radical (unpaired) electrons. The van der Waals surface area contributed by atoms with Gasteiger partial charge in [0, 0.05) is 20.2 Å². The van der Waals surface area contributed by atoms with Gasteiger partial charge < -0.3 is 10.2 Å². The second-order valence-electron chi connectivity index (χ2n) is 3.53. The van der Waals surface area contributed by atoms with E-state index in [4.69, 9.17) is 5.26 Å². The number of nitriles is 1. The number of carbonyl (C=O) groups excluding carboxylic acids is 1. The van der Waals surface area contributed by atoms with E-state index < -0.39 is 10.8 Å². The SMILES string of the molecule is CNc1c(C(=O)N(C)CC#N)cccc1[N+](=O)[O-]. The number of anilines is 1. The average Bonchev–Trinajstić information content (AvgIpc) is 2.36. The Balaban J connectivity index is 3.25. The molecule has 1 aromatic rings. The van der Waals surface area contributed by atoms with Gasteiger partial charge in [-0.25, -0.2) is 0 Å². The molecular formula is C11H12N4O3. The van der Waals surface area contributed by atoms with E-state index >= 15 is 0 Å². The minimum Gasteiger partial charge on any atom is -0.382 e. The molecule has 0 fully saturated rings. The summed E-state index contributed by atoms with van der Waals surface area (Å²) >= 11 is 0. The van der Waals surface area contributed by atoms with Gasteiger partial charge in [-0.1, -0.05) is 6.07 Å². The molecular weight excluding hydrogens is 236 g/mol. The summed E-state index contributed by atoms with van der Waals surface area (Å²) in [6.07, 6.45) is 0. The number of amides is 1. The molecule has 1 amide bonds. The molecule has 0 spiro atoms. The number of rotatable bonds is 4. The largest absolute Gasteiger partial charge is 0.382 e. The number of nitrogens with one attached hydrogen (secondary N) is 1. The normalized spacial score (nSPS) is 9.39. The van der Waals surface area contributed by atoms with Gasteiger partial charge in [-0.15, -0.1) is 0 Å². The van der Waals surface area contributed by atoms with E-state index in [9.17, 15) is 14.9 Å². The number of hydrogen-bond acceptors (Lipinski definition) is 5. The molecule has 0 heterocycles. The van der Waals surface area contributed by atoms with E-state index in [1.165, 1.54) is 37.2 Å². The van der Waals surface area contributed by atoms with Crippen molar-refractivity contribution in [2.45, 2.75) is 0 Å². The Kier molecular flexibility index (Phi) is 4.21. The summed E-state index contributed by atoms with van der Waals surface area (Å²) in [5.41, 5.74) is 0.149. The highest BCUT2D eigenvalue weighted by Gasteiger charge is 2.22. The first-order chi connectivity index (χ1) is 8.52. The van der Waals surface area contributed by atoms with E-state index in [2.05, 4.69) is 5.32 Å². The third kappa shape index (κ3) is 2.55. The van der Waals surface area contributed by atoms with Crippen LogP contribution in [0, 0.1) is 21.4 Å². The summed E-state index contributed by atoms with van der Waals surface area (Å²) in [6, 6.07) is 6.07. The molecule has 0 aliphatic carbocycles. The summed E-state index contributed by atoms with van der Waals surface area (Å²) in [5.74, 6) is -0.440. The number of benzene rings is 1. The van der Waals surface area contributed by atoms with Crippen LogP contribution in [0.2, 0.25) is 0 Å². The molecule has 1 aromatic carbocycles. The van der Waals surface area contributed by atoms with Crippen LogP contribution < -0.4 is 5.32 Å². The van der Waals surface area contributed by atoms with Crippen molar-refractivity contribution in [2.75, 3.05) is 26.0 Å². The van der Waals surface area contributed by atoms with Crippen LogP contribution >= 0.6 is 0 Å². The monoisotopic (exact) mass is 248 g/mol. The summed E-state index contributed by atoms with van der Waals surface area (Å²) in [5, 5.41) is 22.0. The molecule has 94 valence electrons. The average molecular weight is 248 g/mol. The van der Waals surface area contributed by atoms with Crippen LogP contribution in [0.15, 0.2) is 18.2 Å². The highest BCUT2D eigenvalue weighted by molar-refractivity contribution is 6.01. The molecule has 1 rings (SSSR count). The Hall–Kier alpha value is -2.62. The number of nitrogens with zero attached hydrogens (tertiary/aromatic N) is 3. The van der Waals surface area contributed by atoms with E-state index in [1.807, 2.05) is 6.07 Å². The van der Waals surface area contributed by atoms with Crippen molar-refractivity contribution in [1.29, 1.82) is 5.26 Å². The zero-order valence-corrected chi connectivity index (χ0v) is 10.0. The molecule has 0 saturated heterocycles. The van der Waals surface area contributed by atoms with Crippen molar-refractivity contribution in [3.8, 4) is 6.07 Å². The third-order valence-electron chi connectivity index (χ3n) is 2.37. The first-order valence-corrected chi connectivity index (χ1v) is 5.10. The molecule has 1 N–H and O–H groups in total. The van der Waals surface area contributed by atoms with Crippen LogP contribution in [0.1, 0.15) is 10.4 Å². The van der Waals surface area contributed by atoms with Gasteiger partial charge in [0.25, 0.3) is 11.6 Å². The van der Waals surface area contributed by atoms with Gasteiger partial charge in [0.2, 0.25) is 0 Å². The van der Waals surface area contributed by atoms with Crippen molar-refractivity contribution in [3.63, 3.8) is 0 Å². The number of nitro groups is 1. The molecule has 0 atom stereocenters. The van der Waals surface area contributed by atoms with Crippen LogP contribution in [-0.2, 0) is 0 Å². The molecule has 0 aliphatic heterocycles. The minimum absolute atomic E-state index is 0.0787. The van der Waals surface area contributed by atoms with Crippen molar-refractivity contribution >= 4 is 17.3 Å². The zero-order chi connectivity index (χ0) is 13.7. The predicted octanol–water partition coefficient (Wildman–Crippen LogP) is 1.23. The number of nitro benzene ring substituents is 1. The summed E-state index contributed by atoms with van der Waals surface area (Å²) in [4.78, 5) is 23.5. The quantitative estimate of drug-likeness (QED) is 0.490. The molecule has 0 aromatic heterocycles. The summed E-state index contributed by atoms with van der Waals surface area (Å²) in [6.45, 7) is -0.0787.